The number of nitrogens with one attached hydrogen (secondary N) is 1. The number of benzene rings is 2. The average Bonchev–Trinajstić information content (AvgIpc) is 2.47. The van der Waals surface area contributed by atoms with Gasteiger partial charge in [-0.25, -0.2) is 17.5 Å². The molecule has 0 saturated carbocycles. The Balaban J connectivity index is 2.35. The molecule has 5 nitrogen and oxygen atoms in total. The molecule has 0 heterocycles. The zero-order valence-electron chi connectivity index (χ0n) is 11.4. The fraction of sp³-hybridized carbons (Fsp3) is 0.133. The van der Waals surface area contributed by atoms with E-state index in [1.807, 2.05) is 0 Å². The topological polar surface area (TPSA) is 83.5 Å². The van der Waals surface area contributed by atoms with Crippen molar-refractivity contribution in [2.75, 3.05) is 0 Å². The Morgan fingerprint density at radius 3 is 2.27 bits per heavy atom. The van der Waals surface area contributed by atoms with Crippen molar-refractivity contribution in [1.82, 2.24) is 4.72 Å². The molecule has 0 fully saturated rings. The lowest BCUT2D eigenvalue weighted by Crippen LogP contribution is -2.30. The van der Waals surface area contributed by atoms with E-state index in [9.17, 15) is 17.6 Å². The van der Waals surface area contributed by atoms with Crippen molar-refractivity contribution in [3.63, 3.8) is 0 Å². The van der Waals surface area contributed by atoms with Crippen LogP contribution >= 0.6 is 0 Å². The van der Waals surface area contributed by atoms with Crippen LogP contribution in [0.2, 0.25) is 0 Å². The molecule has 1 unspecified atom stereocenters. The van der Waals surface area contributed by atoms with Gasteiger partial charge in [-0.2, -0.15) is 0 Å². The number of rotatable bonds is 6. The third kappa shape index (κ3) is 3.90. The van der Waals surface area contributed by atoms with Crippen LogP contribution in [-0.2, 0) is 14.8 Å². The molecule has 0 bridgehead atoms. The van der Waals surface area contributed by atoms with Gasteiger partial charge >= 0.3 is 5.97 Å². The summed E-state index contributed by atoms with van der Waals surface area (Å²) in [5.41, 5.74) is 0.491. The Bertz CT molecular complexity index is 762. The van der Waals surface area contributed by atoms with Crippen LogP contribution in [0, 0.1) is 5.82 Å². The molecule has 0 amide bonds. The molecule has 0 spiro atoms. The van der Waals surface area contributed by atoms with E-state index < -0.39 is 39.2 Å². The quantitative estimate of drug-likeness (QED) is 0.854. The van der Waals surface area contributed by atoms with Crippen LogP contribution in [-0.4, -0.2) is 19.5 Å². The van der Waals surface area contributed by atoms with Gasteiger partial charge < -0.3 is 5.11 Å². The molecule has 0 aliphatic carbocycles. The first kappa shape index (κ1) is 16.1. The van der Waals surface area contributed by atoms with E-state index in [1.165, 1.54) is 12.1 Å². The minimum atomic E-state index is -4.17. The van der Waals surface area contributed by atoms with Crippen molar-refractivity contribution in [2.45, 2.75) is 17.4 Å². The van der Waals surface area contributed by atoms with Crippen molar-refractivity contribution >= 4 is 16.0 Å². The predicted octanol–water partition coefficient (Wildman–Crippen LogP) is 2.32. The smallest absolute Gasteiger partial charge is 0.305 e. The van der Waals surface area contributed by atoms with Gasteiger partial charge in [0.15, 0.2) is 0 Å². The van der Waals surface area contributed by atoms with Crippen molar-refractivity contribution in [1.29, 1.82) is 0 Å². The Labute approximate surface area is 127 Å². The second-order valence-corrected chi connectivity index (χ2v) is 6.30. The molecule has 2 aromatic carbocycles. The van der Waals surface area contributed by atoms with Crippen molar-refractivity contribution < 1.29 is 22.7 Å². The van der Waals surface area contributed by atoms with Crippen LogP contribution in [0.3, 0.4) is 0 Å². The molecule has 2 rings (SSSR count). The third-order valence-corrected chi connectivity index (χ3v) is 4.51. The first-order valence-corrected chi connectivity index (χ1v) is 7.92. The largest absolute Gasteiger partial charge is 0.481 e. The molecule has 0 aromatic heterocycles. The summed E-state index contributed by atoms with van der Waals surface area (Å²) in [5.74, 6) is -2.05. The highest BCUT2D eigenvalue weighted by Gasteiger charge is 2.25. The fourth-order valence-electron chi connectivity index (χ4n) is 2.00. The molecule has 116 valence electrons. The van der Waals surface area contributed by atoms with Gasteiger partial charge in [0.25, 0.3) is 0 Å². The summed E-state index contributed by atoms with van der Waals surface area (Å²) < 4.78 is 40.5. The van der Waals surface area contributed by atoms with Gasteiger partial charge in [-0.1, -0.05) is 42.5 Å². The summed E-state index contributed by atoms with van der Waals surface area (Å²) in [6, 6.07) is 12.2. The first-order chi connectivity index (χ1) is 10.4. The molecule has 0 saturated heterocycles. The second kappa shape index (κ2) is 6.67. The van der Waals surface area contributed by atoms with Gasteiger partial charge in [-0.05, 0) is 17.7 Å². The molecule has 2 N–H and O–H groups in total. The highest BCUT2D eigenvalue weighted by Crippen LogP contribution is 2.21. The number of halogens is 1. The highest BCUT2D eigenvalue weighted by atomic mass is 32.2. The number of hydrogen-bond donors (Lipinski definition) is 2. The monoisotopic (exact) mass is 323 g/mol. The molecule has 0 aliphatic rings. The minimum absolute atomic E-state index is 0.447. The van der Waals surface area contributed by atoms with Gasteiger partial charge in [0.2, 0.25) is 10.0 Å². The van der Waals surface area contributed by atoms with Gasteiger partial charge in [0, 0.05) is 0 Å². The molecule has 7 heteroatoms. The SMILES string of the molecule is O=C(O)CC(NS(=O)(=O)c1ccccc1F)c1ccccc1. The molecule has 2 aromatic rings. The van der Waals surface area contributed by atoms with E-state index >= 15 is 0 Å². The Morgan fingerprint density at radius 2 is 1.68 bits per heavy atom. The summed E-state index contributed by atoms with van der Waals surface area (Å²) in [6.07, 6.45) is -0.447. The predicted molar refractivity (Wildman–Crippen MR) is 78.2 cm³/mol. The molecular formula is C15H14FNO4S. The zero-order valence-corrected chi connectivity index (χ0v) is 12.3. The average molecular weight is 323 g/mol. The van der Waals surface area contributed by atoms with Crippen LogP contribution in [0.5, 0.6) is 0 Å². The van der Waals surface area contributed by atoms with Crippen LogP contribution in [0.1, 0.15) is 18.0 Å². The zero-order chi connectivity index (χ0) is 16.2. The van der Waals surface area contributed by atoms with E-state index in [2.05, 4.69) is 4.72 Å². The van der Waals surface area contributed by atoms with E-state index in [-0.39, 0.29) is 0 Å². The number of carboxylic acids is 1. The first-order valence-electron chi connectivity index (χ1n) is 6.44. The molecule has 22 heavy (non-hydrogen) atoms. The third-order valence-electron chi connectivity index (χ3n) is 3.00. The van der Waals surface area contributed by atoms with Crippen LogP contribution in [0.25, 0.3) is 0 Å². The number of hydrogen-bond acceptors (Lipinski definition) is 3. The Hall–Kier alpha value is -2.25. The van der Waals surface area contributed by atoms with E-state index in [0.717, 1.165) is 12.1 Å². The van der Waals surface area contributed by atoms with Crippen molar-refractivity contribution in [2.24, 2.45) is 0 Å². The summed E-state index contributed by atoms with van der Waals surface area (Å²) in [6.45, 7) is 0. The molecular weight excluding hydrogens is 309 g/mol. The second-order valence-electron chi connectivity index (χ2n) is 4.61. The highest BCUT2D eigenvalue weighted by molar-refractivity contribution is 7.89. The van der Waals surface area contributed by atoms with Gasteiger partial charge in [0.1, 0.15) is 10.7 Å². The maximum Gasteiger partial charge on any atom is 0.305 e. The summed E-state index contributed by atoms with van der Waals surface area (Å²) in [4.78, 5) is 10.5. The van der Waals surface area contributed by atoms with E-state index in [0.29, 0.717) is 5.56 Å². The normalized spacial score (nSPS) is 12.8. The summed E-state index contributed by atoms with van der Waals surface area (Å²) in [5, 5.41) is 8.96. The Morgan fingerprint density at radius 1 is 1.09 bits per heavy atom. The van der Waals surface area contributed by atoms with Gasteiger partial charge in [0.05, 0.1) is 12.5 Å². The lowest BCUT2D eigenvalue weighted by Gasteiger charge is -2.17. The lowest BCUT2D eigenvalue weighted by atomic mass is 10.1. The maximum absolute atomic E-state index is 13.7. The maximum atomic E-state index is 13.7. The molecule has 1 atom stereocenters. The number of carbonyl (C=O) groups is 1. The Kier molecular flexibility index (Phi) is 4.89. The fourth-order valence-corrected chi connectivity index (χ4v) is 3.30. The minimum Gasteiger partial charge on any atom is -0.481 e. The molecule has 0 aliphatic heterocycles. The van der Waals surface area contributed by atoms with Crippen molar-refractivity contribution in [3.05, 3.63) is 66.0 Å². The summed E-state index contributed by atoms with van der Waals surface area (Å²) >= 11 is 0. The van der Waals surface area contributed by atoms with Crippen LogP contribution < -0.4 is 4.72 Å². The number of aliphatic carboxylic acids is 1. The lowest BCUT2D eigenvalue weighted by molar-refractivity contribution is -0.137. The van der Waals surface area contributed by atoms with E-state index in [1.54, 1.807) is 30.3 Å². The van der Waals surface area contributed by atoms with Crippen LogP contribution in [0.15, 0.2) is 59.5 Å². The number of carboxylic acid groups (broad SMARTS) is 1. The van der Waals surface area contributed by atoms with Crippen molar-refractivity contribution in [3.8, 4) is 0 Å². The van der Waals surface area contributed by atoms with Gasteiger partial charge in [-0.15, -0.1) is 0 Å². The molecule has 0 radical (unpaired) electrons. The standard InChI is InChI=1S/C15H14FNO4S/c16-12-8-4-5-9-14(12)22(20,21)17-13(10-15(18)19)11-6-2-1-3-7-11/h1-9,13,17H,10H2,(H,18,19). The van der Waals surface area contributed by atoms with E-state index in [4.69, 9.17) is 5.11 Å². The van der Waals surface area contributed by atoms with Crippen LogP contribution in [0.4, 0.5) is 4.39 Å². The summed E-state index contributed by atoms with van der Waals surface area (Å²) in [7, 11) is -4.17. The van der Waals surface area contributed by atoms with Gasteiger partial charge in [-0.3, -0.25) is 4.79 Å². The number of sulfonamides is 1.